The first-order valence-electron chi connectivity index (χ1n) is 8.31. The minimum Gasteiger partial charge on any atom is -0.390 e. The van der Waals surface area contributed by atoms with Crippen molar-refractivity contribution >= 4 is 0 Å². The summed E-state index contributed by atoms with van der Waals surface area (Å²) < 4.78 is 7.87. The molecule has 2 aromatic rings. The van der Waals surface area contributed by atoms with Crippen molar-refractivity contribution in [1.82, 2.24) is 19.1 Å². The van der Waals surface area contributed by atoms with E-state index in [2.05, 4.69) is 9.97 Å². The summed E-state index contributed by atoms with van der Waals surface area (Å²) in [5.74, 6) is 0. The summed E-state index contributed by atoms with van der Waals surface area (Å²) >= 11 is 0. The number of aliphatic hydroxyl groups excluding tert-OH is 2. The van der Waals surface area contributed by atoms with Crippen molar-refractivity contribution in [3.8, 4) is 0 Å². The van der Waals surface area contributed by atoms with Crippen molar-refractivity contribution in [1.29, 1.82) is 0 Å². The van der Waals surface area contributed by atoms with Gasteiger partial charge in [0, 0.05) is 29.9 Å². The Bertz CT molecular complexity index is 1080. The number of aromatic amines is 2. The van der Waals surface area contributed by atoms with Gasteiger partial charge in [0.25, 0.3) is 11.1 Å². The molecule has 2 aromatic heterocycles. The molecule has 1 saturated heterocycles. The maximum absolute atomic E-state index is 12.0. The van der Waals surface area contributed by atoms with Gasteiger partial charge in [-0.15, -0.1) is 0 Å². The third-order valence-corrected chi connectivity index (χ3v) is 4.54. The number of hydrogen-bond donors (Lipinski definition) is 4. The smallest absolute Gasteiger partial charge is 0.330 e. The van der Waals surface area contributed by atoms with Crippen molar-refractivity contribution in [3.63, 3.8) is 0 Å². The van der Waals surface area contributed by atoms with Crippen LogP contribution in [0.4, 0.5) is 0 Å². The fourth-order valence-corrected chi connectivity index (χ4v) is 3.05. The van der Waals surface area contributed by atoms with Gasteiger partial charge in [-0.2, -0.15) is 0 Å². The molecule has 0 radical (unpaired) electrons. The molecule has 0 bridgehead atoms. The van der Waals surface area contributed by atoms with Gasteiger partial charge in [-0.1, -0.05) is 0 Å². The van der Waals surface area contributed by atoms with Crippen LogP contribution in [0, 0.1) is 13.8 Å². The average Bonchev–Trinajstić information content (AvgIpc) is 2.97. The summed E-state index contributed by atoms with van der Waals surface area (Å²) in [5, 5.41) is 20.6. The molecule has 0 unspecified atom stereocenters. The Morgan fingerprint density at radius 1 is 1.11 bits per heavy atom. The first-order valence-corrected chi connectivity index (χ1v) is 8.31. The molecule has 3 rings (SSSR count). The molecule has 0 saturated carbocycles. The van der Waals surface area contributed by atoms with Crippen molar-refractivity contribution in [2.45, 2.75) is 51.4 Å². The normalized spacial score (nSPS) is 23.5. The van der Waals surface area contributed by atoms with Gasteiger partial charge in [0.15, 0.2) is 0 Å². The van der Waals surface area contributed by atoms with Crippen molar-refractivity contribution in [2.75, 3.05) is 0 Å². The molecule has 146 valence electrons. The van der Waals surface area contributed by atoms with Crippen LogP contribution in [0.15, 0.2) is 31.6 Å². The van der Waals surface area contributed by atoms with E-state index in [0.29, 0.717) is 11.1 Å². The zero-order valence-corrected chi connectivity index (χ0v) is 14.7. The predicted molar refractivity (Wildman–Crippen MR) is 92.7 cm³/mol. The molecule has 3 heterocycles. The fraction of sp³-hybridized carbons (Fsp3) is 0.500. The van der Waals surface area contributed by atoms with Crippen LogP contribution in [0.2, 0.25) is 0 Å². The summed E-state index contributed by atoms with van der Waals surface area (Å²) in [4.78, 5) is 51.0. The first kappa shape index (κ1) is 19.0. The monoisotopic (exact) mass is 380 g/mol. The van der Waals surface area contributed by atoms with Gasteiger partial charge >= 0.3 is 11.4 Å². The SMILES string of the molecule is Cc1cn(C[C@H](O)[C@H]2O[C@@H](n3cc(C)c(=O)[nH]c3=O)C[C@@H]2O)c(=O)[nH]c1=O. The van der Waals surface area contributed by atoms with Crippen LogP contribution in [0.25, 0.3) is 0 Å². The molecule has 4 atom stereocenters. The zero-order valence-electron chi connectivity index (χ0n) is 14.7. The van der Waals surface area contributed by atoms with E-state index < -0.39 is 47.0 Å². The summed E-state index contributed by atoms with van der Waals surface area (Å²) in [6, 6.07) is 0. The molecule has 4 N–H and O–H groups in total. The lowest BCUT2D eigenvalue weighted by Crippen LogP contribution is -2.41. The highest BCUT2D eigenvalue weighted by Crippen LogP contribution is 2.29. The van der Waals surface area contributed by atoms with E-state index in [1.165, 1.54) is 26.2 Å². The second-order valence-electron chi connectivity index (χ2n) is 6.63. The average molecular weight is 380 g/mol. The highest BCUT2D eigenvalue weighted by molar-refractivity contribution is 5.03. The highest BCUT2D eigenvalue weighted by Gasteiger charge is 2.40. The van der Waals surface area contributed by atoms with E-state index in [1.54, 1.807) is 0 Å². The Balaban J connectivity index is 1.81. The van der Waals surface area contributed by atoms with Gasteiger partial charge in [-0.25, -0.2) is 9.59 Å². The van der Waals surface area contributed by atoms with E-state index in [1.807, 2.05) is 0 Å². The van der Waals surface area contributed by atoms with Gasteiger partial charge in [0.2, 0.25) is 0 Å². The van der Waals surface area contributed by atoms with Gasteiger partial charge in [-0.3, -0.25) is 28.7 Å². The topological polar surface area (TPSA) is 159 Å². The molecule has 1 aliphatic heterocycles. The molecule has 0 aromatic carbocycles. The van der Waals surface area contributed by atoms with Crippen LogP contribution in [0.3, 0.4) is 0 Å². The number of hydrogen-bond acceptors (Lipinski definition) is 7. The summed E-state index contributed by atoms with van der Waals surface area (Å²) in [5.41, 5.74) is -1.82. The number of nitrogens with one attached hydrogen (secondary N) is 2. The number of H-pyrrole nitrogens is 2. The quantitative estimate of drug-likeness (QED) is 0.464. The van der Waals surface area contributed by atoms with E-state index in [4.69, 9.17) is 4.74 Å². The van der Waals surface area contributed by atoms with Crippen LogP contribution in [0.5, 0.6) is 0 Å². The maximum atomic E-state index is 12.0. The molecular weight excluding hydrogens is 360 g/mol. The largest absolute Gasteiger partial charge is 0.390 e. The Labute approximate surface area is 151 Å². The summed E-state index contributed by atoms with van der Waals surface area (Å²) in [6.45, 7) is 2.82. The number of rotatable bonds is 4. The maximum Gasteiger partial charge on any atom is 0.330 e. The van der Waals surface area contributed by atoms with Crippen LogP contribution in [0.1, 0.15) is 23.8 Å². The van der Waals surface area contributed by atoms with Crippen LogP contribution in [-0.2, 0) is 11.3 Å². The van der Waals surface area contributed by atoms with Crippen LogP contribution in [-0.4, -0.2) is 47.6 Å². The fourth-order valence-electron chi connectivity index (χ4n) is 3.05. The van der Waals surface area contributed by atoms with E-state index in [9.17, 15) is 29.4 Å². The lowest BCUT2D eigenvalue weighted by molar-refractivity contribution is -0.0879. The zero-order chi connectivity index (χ0) is 19.9. The van der Waals surface area contributed by atoms with Gasteiger partial charge in [0.1, 0.15) is 18.4 Å². The first-order chi connectivity index (χ1) is 12.7. The van der Waals surface area contributed by atoms with Crippen LogP contribution >= 0.6 is 0 Å². The lowest BCUT2D eigenvalue weighted by atomic mass is 10.1. The van der Waals surface area contributed by atoms with Crippen molar-refractivity contribution in [3.05, 3.63) is 65.2 Å². The highest BCUT2D eigenvalue weighted by atomic mass is 16.5. The van der Waals surface area contributed by atoms with Crippen molar-refractivity contribution < 1.29 is 14.9 Å². The second-order valence-corrected chi connectivity index (χ2v) is 6.63. The molecule has 1 aliphatic rings. The molecule has 1 fully saturated rings. The minimum absolute atomic E-state index is 0.0205. The Kier molecular flexibility index (Phi) is 5.00. The number of aromatic nitrogens is 4. The molecule has 0 spiro atoms. The minimum atomic E-state index is -1.27. The number of nitrogens with zero attached hydrogens (tertiary/aromatic N) is 2. The molecule has 11 nitrogen and oxygen atoms in total. The molecule has 0 aliphatic carbocycles. The van der Waals surface area contributed by atoms with Gasteiger partial charge in [-0.05, 0) is 13.8 Å². The second kappa shape index (κ2) is 7.10. The van der Waals surface area contributed by atoms with E-state index in [0.717, 1.165) is 9.13 Å². The predicted octanol–water partition coefficient (Wildman–Crippen LogP) is -2.29. The third-order valence-electron chi connectivity index (χ3n) is 4.54. The Morgan fingerprint density at radius 3 is 2.37 bits per heavy atom. The van der Waals surface area contributed by atoms with E-state index in [-0.39, 0.29) is 13.0 Å². The summed E-state index contributed by atoms with van der Waals surface area (Å²) in [7, 11) is 0. The van der Waals surface area contributed by atoms with E-state index >= 15 is 0 Å². The third kappa shape index (κ3) is 3.70. The number of ether oxygens (including phenoxy) is 1. The standard InChI is InChI=1S/C16H20N4O7/c1-7-4-19(15(25)17-13(7)23)6-10(22)12-9(21)3-11(27-12)20-5-8(2)14(24)18-16(20)26/h4-5,9-12,21-22H,3,6H2,1-2H3,(H,17,23,25)(H,18,24,26)/t9-,10-,11+,12-/m0/s1. The molecule has 0 amide bonds. The van der Waals surface area contributed by atoms with Crippen molar-refractivity contribution in [2.24, 2.45) is 0 Å². The van der Waals surface area contributed by atoms with Crippen LogP contribution < -0.4 is 22.5 Å². The molecular formula is C16H20N4O7. The Hall–Kier alpha value is -2.76. The van der Waals surface area contributed by atoms with Gasteiger partial charge in [0.05, 0.1) is 12.6 Å². The van der Waals surface area contributed by atoms with Gasteiger partial charge < -0.3 is 14.9 Å². The molecule has 27 heavy (non-hydrogen) atoms. The Morgan fingerprint density at radius 2 is 1.70 bits per heavy atom. The lowest BCUT2D eigenvalue weighted by Gasteiger charge is -2.22. The number of aryl methyl sites for hydroxylation is 2. The summed E-state index contributed by atoms with van der Waals surface area (Å²) in [6.07, 6.45) is -1.66. The number of aliphatic hydroxyl groups is 2. The molecule has 11 heteroatoms.